The van der Waals surface area contributed by atoms with Crippen molar-refractivity contribution in [2.24, 2.45) is 0 Å². The number of hydrogen-bond donors (Lipinski definition) is 0. The van der Waals surface area contributed by atoms with Crippen molar-refractivity contribution >= 4 is 77.3 Å². The van der Waals surface area contributed by atoms with E-state index in [-0.39, 0.29) is 17.7 Å². The van der Waals surface area contributed by atoms with Crippen LogP contribution in [0.25, 0.3) is 0 Å². The van der Waals surface area contributed by atoms with Gasteiger partial charge in [-0.15, -0.1) is 0 Å². The highest BCUT2D eigenvalue weighted by atomic mass is 32.2. The van der Waals surface area contributed by atoms with E-state index in [9.17, 15) is 52.7 Å². The molecule has 1 aromatic rings. The van der Waals surface area contributed by atoms with E-state index in [0.717, 1.165) is 92.2 Å². The van der Waals surface area contributed by atoms with Crippen molar-refractivity contribution < 1.29 is 124 Å². The molecule has 0 spiro atoms. The average Bonchev–Trinajstić information content (AvgIpc) is 1.40. The third kappa shape index (κ3) is 24.2. The summed E-state index contributed by atoms with van der Waals surface area (Å²) in [5.74, 6) is -9.01. The Labute approximate surface area is 541 Å². The molecule has 0 bridgehead atoms. The molecule has 4 aliphatic rings. The maximum absolute atomic E-state index is 14.6. The van der Waals surface area contributed by atoms with Crippen molar-refractivity contribution in [3.63, 3.8) is 0 Å². The number of benzene rings is 1. The van der Waals surface area contributed by atoms with Crippen molar-refractivity contribution in [1.82, 2.24) is 4.90 Å². The number of thioether (sulfide) groups is 1. The molecule has 3 saturated heterocycles. The number of carbonyl (C=O) groups is 11. The van der Waals surface area contributed by atoms with Gasteiger partial charge >= 0.3 is 53.7 Å². The second-order valence-electron chi connectivity index (χ2n) is 23.0. The molecule has 0 unspecified atom stereocenters. The lowest BCUT2D eigenvalue weighted by Gasteiger charge is -2.51. The second kappa shape index (κ2) is 39.4. The molecule has 4 heterocycles. The number of imide groups is 1. The molecule has 28 heteroatoms. The van der Waals surface area contributed by atoms with Crippen molar-refractivity contribution in [2.75, 3.05) is 37.9 Å². The molecule has 2 amide bonds. The summed E-state index contributed by atoms with van der Waals surface area (Å²) in [6.07, 6.45) is -5.56. The van der Waals surface area contributed by atoms with E-state index in [1.165, 1.54) is 95.6 Å². The summed E-state index contributed by atoms with van der Waals surface area (Å²) >= 11 is 1.61. The van der Waals surface area contributed by atoms with Gasteiger partial charge in [0.2, 0.25) is 0 Å². The predicted octanol–water partition coefficient (Wildman–Crippen LogP) is 6.89. The van der Waals surface area contributed by atoms with Gasteiger partial charge in [0.25, 0.3) is 11.8 Å². The molecule has 0 aromatic heterocycles. The monoisotopic (exact) mass is 1320 g/mol. The highest BCUT2D eigenvalue weighted by Crippen LogP contribution is 2.40. The summed E-state index contributed by atoms with van der Waals surface area (Å²) in [6.45, 7) is 9.20. The van der Waals surface area contributed by atoms with Crippen LogP contribution in [0.3, 0.4) is 0 Å². The Morgan fingerprint density at radius 3 is 1.11 bits per heavy atom. The van der Waals surface area contributed by atoms with E-state index in [2.05, 4.69) is 6.92 Å². The van der Waals surface area contributed by atoms with Gasteiger partial charge in [-0.25, -0.2) is 0 Å². The van der Waals surface area contributed by atoms with Gasteiger partial charge in [0.1, 0.15) is 56.4 Å². The molecule has 0 N–H and O–H groups in total. The Bertz CT molecular complexity index is 2580. The van der Waals surface area contributed by atoms with Gasteiger partial charge in [0.05, 0.1) is 17.7 Å². The number of esters is 9. The van der Waals surface area contributed by atoms with Crippen LogP contribution in [0, 0.1) is 0 Å². The maximum atomic E-state index is 14.6. The molecule has 3 fully saturated rings. The van der Waals surface area contributed by atoms with E-state index in [1.807, 2.05) is 0 Å². The normalized spacial score (nSPS) is 26.8. The Morgan fingerprint density at radius 1 is 0.391 bits per heavy atom. The summed E-state index contributed by atoms with van der Waals surface area (Å²) in [4.78, 5) is 146. The number of nitrogens with zero attached hydrogens (tertiary/aromatic N) is 1. The first kappa shape index (κ1) is 76.4. The van der Waals surface area contributed by atoms with Crippen molar-refractivity contribution in [2.45, 2.75) is 264 Å². The molecular weight excluding hydrogens is 1230 g/mol. The van der Waals surface area contributed by atoms with Gasteiger partial charge in [0.15, 0.2) is 55.5 Å². The van der Waals surface area contributed by atoms with Crippen LogP contribution in [-0.2, 0) is 114 Å². The molecule has 0 radical (unpaired) electrons. The van der Waals surface area contributed by atoms with Gasteiger partial charge in [-0.05, 0) is 24.3 Å². The largest absolute Gasteiger partial charge is 0.463 e. The lowest BCUT2D eigenvalue weighted by atomic mass is 9.93. The first-order valence-corrected chi connectivity index (χ1v) is 32.9. The number of unbranched alkanes of at least 4 members (excludes halogenated alkanes) is 15. The van der Waals surface area contributed by atoms with Crippen molar-refractivity contribution in [1.29, 1.82) is 0 Å². The van der Waals surface area contributed by atoms with Crippen LogP contribution in [0.4, 0.5) is 0 Å². The number of carbonyl (C=O) groups excluding carboxylic acids is 11. The topological polar surface area (TPSA) is 329 Å². The molecule has 0 aliphatic carbocycles. The second-order valence-corrected chi connectivity index (χ2v) is 24.2. The first-order valence-electron chi connectivity index (χ1n) is 31.8. The molecule has 92 heavy (non-hydrogen) atoms. The Kier molecular flexibility index (Phi) is 32.7. The maximum Gasteiger partial charge on any atom is 0.303 e. The summed E-state index contributed by atoms with van der Waals surface area (Å²) < 4.78 is 89.6. The molecule has 27 nitrogen and oxygen atoms in total. The summed E-state index contributed by atoms with van der Waals surface area (Å²) in [5, 5.41) is 0. The number of ether oxygens (including phenoxy) is 15. The van der Waals surface area contributed by atoms with Crippen LogP contribution in [0.1, 0.15) is 193 Å². The number of hydrogen-bond acceptors (Lipinski definition) is 27. The summed E-state index contributed by atoms with van der Waals surface area (Å²) in [7, 11) is 0. The van der Waals surface area contributed by atoms with Gasteiger partial charge in [0, 0.05) is 68.1 Å². The minimum absolute atomic E-state index is 0.00235. The Balaban J connectivity index is 1.47. The van der Waals surface area contributed by atoms with Gasteiger partial charge < -0.3 is 71.1 Å². The van der Waals surface area contributed by atoms with Crippen LogP contribution in [0.5, 0.6) is 0 Å². The fourth-order valence-corrected chi connectivity index (χ4v) is 12.2. The third-order valence-electron chi connectivity index (χ3n) is 15.3. The standard InChI is InChI=1S/C64H93NO26S/c1-11-12-13-14-15-16-17-18-19-20-21-22-23-24-25-28-32-92-33-31-77-62-51(65-60(75)46-29-26-27-30-47(46)61(65)76)55(82-41(6)70)52(48(87-62)34-78-37(2)66)90-63-59(86-45(10)74)57(84-43(8)72)54(50(89-63)36-80-39(4)68)91-64-58(85-44(9)73)56(83-42(7)71)53(81-40(5)69)49(88-64)35-79-38(3)67/h26-27,29-30,48-59,62-64H,11-25,28,31-36H2,1-10H3/t48-,49-,50-,51-,52-,53+,54+,55-,56+,57+,58-,59-,62-,63+,64-/m1/s1. The van der Waals surface area contributed by atoms with E-state index in [0.29, 0.717) is 5.75 Å². The van der Waals surface area contributed by atoms with Crippen molar-refractivity contribution in [3.05, 3.63) is 35.4 Å². The molecule has 1 aromatic carbocycles. The summed E-state index contributed by atoms with van der Waals surface area (Å²) in [5.41, 5.74) is -0.00470. The average molecular weight is 1320 g/mol. The first-order chi connectivity index (χ1) is 43.9. The Morgan fingerprint density at radius 2 is 0.717 bits per heavy atom. The highest BCUT2D eigenvalue weighted by molar-refractivity contribution is 7.99. The minimum atomic E-state index is -2.08. The highest BCUT2D eigenvalue weighted by Gasteiger charge is 2.61. The van der Waals surface area contributed by atoms with Crippen LogP contribution in [-0.4, -0.2) is 200 Å². The SMILES string of the molecule is CCCCCCCCCCCCCCCCCCSCCO[C@@H]1O[C@H](COC(C)=O)[C@@H](O[C@@H]2O[C@H](COC(C)=O)[C@H](O[C@H]3O[C@H](COC(C)=O)[C@H](OC(C)=O)[C@H](OC(C)=O)[C@H]3OC(C)=O)[C@H](OC(C)=O)[C@H]2OC(C)=O)[C@H](OC(C)=O)[C@H]1N1C(=O)c2ccccc2C1=O. The Hall–Kier alpha value is -6.30. The van der Waals surface area contributed by atoms with Crippen LogP contribution >= 0.6 is 11.8 Å². The third-order valence-corrected chi connectivity index (χ3v) is 16.4. The fraction of sp³-hybridized carbons (Fsp3) is 0.734. The van der Waals surface area contributed by atoms with Crippen LogP contribution < -0.4 is 0 Å². The van der Waals surface area contributed by atoms with E-state index in [1.54, 1.807) is 23.9 Å². The zero-order valence-corrected chi connectivity index (χ0v) is 55.3. The lowest BCUT2D eigenvalue weighted by Crippen LogP contribution is -2.70. The number of amides is 2. The van der Waals surface area contributed by atoms with Crippen LogP contribution in [0.2, 0.25) is 0 Å². The number of rotatable bonds is 38. The molecule has 516 valence electrons. The number of fused-ring (bicyclic) bond motifs is 1. The van der Waals surface area contributed by atoms with E-state index in [4.69, 9.17) is 71.1 Å². The quantitative estimate of drug-likeness (QED) is 0.0281. The van der Waals surface area contributed by atoms with E-state index < -0.39 is 177 Å². The minimum Gasteiger partial charge on any atom is -0.463 e. The van der Waals surface area contributed by atoms with Crippen molar-refractivity contribution in [3.8, 4) is 0 Å². The molecule has 5 rings (SSSR count). The van der Waals surface area contributed by atoms with Gasteiger partial charge in [-0.3, -0.25) is 57.6 Å². The lowest BCUT2D eigenvalue weighted by molar-refractivity contribution is -0.376. The zero-order chi connectivity index (χ0) is 67.4. The zero-order valence-electron chi connectivity index (χ0n) is 54.5. The predicted molar refractivity (Wildman–Crippen MR) is 323 cm³/mol. The molecule has 0 saturated carbocycles. The summed E-state index contributed by atoms with van der Waals surface area (Å²) in [6, 6.07) is 4.27. The van der Waals surface area contributed by atoms with Gasteiger partial charge in [-0.2, -0.15) is 11.8 Å². The molecule has 4 aliphatic heterocycles. The molecular formula is C64H93NO26S. The van der Waals surface area contributed by atoms with E-state index >= 15 is 0 Å². The fourth-order valence-electron chi connectivity index (χ4n) is 11.4. The molecule has 15 atom stereocenters. The van der Waals surface area contributed by atoms with Gasteiger partial charge in [-0.1, -0.05) is 115 Å². The smallest absolute Gasteiger partial charge is 0.303 e. The van der Waals surface area contributed by atoms with Crippen LogP contribution in [0.15, 0.2) is 24.3 Å².